The van der Waals surface area contributed by atoms with E-state index in [1.807, 2.05) is 0 Å². The van der Waals surface area contributed by atoms with Crippen molar-refractivity contribution in [2.24, 2.45) is 46.4 Å². The third kappa shape index (κ3) is 3.71. The number of fused-ring (bicyclic) bond motifs is 5. The van der Waals surface area contributed by atoms with Crippen molar-refractivity contribution >= 4 is 17.8 Å². The highest BCUT2D eigenvalue weighted by molar-refractivity contribution is 6.06. The molecule has 1 aliphatic heterocycles. The van der Waals surface area contributed by atoms with Crippen LogP contribution in [0.1, 0.15) is 45.4 Å². The number of amides is 2. The van der Waals surface area contributed by atoms with Crippen LogP contribution in [0.4, 0.5) is 0 Å². The van der Waals surface area contributed by atoms with E-state index in [4.69, 9.17) is 4.99 Å². The lowest BCUT2D eigenvalue weighted by molar-refractivity contribution is -0.140. The molecular formula is C23H34N4O2. The molecule has 5 aliphatic rings. The summed E-state index contributed by atoms with van der Waals surface area (Å²) in [6.45, 7) is 5.09. The van der Waals surface area contributed by atoms with Gasteiger partial charge in [-0.25, -0.2) is 0 Å². The van der Waals surface area contributed by atoms with E-state index >= 15 is 0 Å². The van der Waals surface area contributed by atoms with E-state index in [0.717, 1.165) is 56.2 Å². The van der Waals surface area contributed by atoms with Gasteiger partial charge in [-0.3, -0.25) is 19.5 Å². The van der Waals surface area contributed by atoms with Crippen molar-refractivity contribution in [3.63, 3.8) is 0 Å². The van der Waals surface area contributed by atoms with Gasteiger partial charge in [0.25, 0.3) is 0 Å². The summed E-state index contributed by atoms with van der Waals surface area (Å²) in [5.41, 5.74) is 0. The number of carbonyl (C=O) groups is 2. The maximum Gasteiger partial charge on any atom is 0.233 e. The predicted molar refractivity (Wildman–Crippen MR) is 112 cm³/mol. The summed E-state index contributed by atoms with van der Waals surface area (Å²) in [5.74, 6) is 4.02. The molecule has 0 aromatic carbocycles. The molecule has 0 aromatic rings. The Kier molecular flexibility index (Phi) is 5.12. The molecule has 2 bridgehead atoms. The molecule has 3 saturated carbocycles. The van der Waals surface area contributed by atoms with E-state index in [1.54, 1.807) is 0 Å². The summed E-state index contributed by atoms with van der Waals surface area (Å²) < 4.78 is 0. The number of rotatable bonds is 9. The van der Waals surface area contributed by atoms with E-state index in [2.05, 4.69) is 29.7 Å². The van der Waals surface area contributed by atoms with Crippen LogP contribution in [0.5, 0.6) is 0 Å². The van der Waals surface area contributed by atoms with Crippen LogP contribution in [0.3, 0.4) is 0 Å². The van der Waals surface area contributed by atoms with Gasteiger partial charge in [0.1, 0.15) is 0 Å². The van der Waals surface area contributed by atoms with Crippen LogP contribution in [0, 0.1) is 41.4 Å². The standard InChI is InChI=1S/C23H34N4O2/c1-2-24-23(26-13-18(14-4-5-14)15-6-7-15)25-10-3-11-27-21(28)19-16-8-9-17(12-16)20(19)22(27)29/h8-9,14-20H,2-7,10-13H2,1H3,(H2,24,25,26). The molecule has 2 amide bonds. The van der Waals surface area contributed by atoms with Gasteiger partial charge in [-0.15, -0.1) is 0 Å². The van der Waals surface area contributed by atoms with Crippen molar-refractivity contribution < 1.29 is 9.59 Å². The van der Waals surface area contributed by atoms with Gasteiger partial charge >= 0.3 is 0 Å². The summed E-state index contributed by atoms with van der Waals surface area (Å²) in [4.78, 5) is 31.9. The number of aliphatic imine (C=N–C) groups is 1. The third-order valence-electron chi connectivity index (χ3n) is 7.67. The largest absolute Gasteiger partial charge is 0.357 e. The highest BCUT2D eigenvalue weighted by Gasteiger charge is 2.58. The minimum atomic E-state index is -0.0777. The molecule has 4 atom stereocenters. The first-order valence-corrected chi connectivity index (χ1v) is 11.7. The molecule has 2 N–H and O–H groups in total. The zero-order valence-electron chi connectivity index (χ0n) is 17.5. The molecule has 0 aromatic heterocycles. The van der Waals surface area contributed by atoms with E-state index in [-0.39, 0.29) is 23.7 Å². The monoisotopic (exact) mass is 398 g/mol. The Labute approximate surface area is 173 Å². The topological polar surface area (TPSA) is 73.8 Å². The number of imide groups is 1. The minimum absolute atomic E-state index is 0.0640. The highest BCUT2D eigenvalue weighted by atomic mass is 16.2. The zero-order valence-corrected chi connectivity index (χ0v) is 17.5. The van der Waals surface area contributed by atoms with Gasteiger partial charge in [0.15, 0.2) is 5.96 Å². The van der Waals surface area contributed by atoms with E-state index in [0.29, 0.717) is 18.4 Å². The first kappa shape index (κ1) is 19.1. The van der Waals surface area contributed by atoms with Crippen molar-refractivity contribution in [1.29, 1.82) is 0 Å². The van der Waals surface area contributed by atoms with E-state index in [9.17, 15) is 9.59 Å². The molecule has 158 valence electrons. The maximum absolute atomic E-state index is 12.7. The molecule has 6 nitrogen and oxygen atoms in total. The molecular weight excluding hydrogens is 364 g/mol. The van der Waals surface area contributed by atoms with Crippen LogP contribution in [0.25, 0.3) is 0 Å². The number of likely N-dealkylation sites (tertiary alicyclic amines) is 1. The molecule has 4 fully saturated rings. The summed E-state index contributed by atoms with van der Waals surface area (Å²) in [5, 5.41) is 6.74. The average molecular weight is 399 g/mol. The Morgan fingerprint density at radius 3 is 2.24 bits per heavy atom. The molecule has 4 unspecified atom stereocenters. The second-order valence-electron chi connectivity index (χ2n) is 9.67. The van der Waals surface area contributed by atoms with E-state index < -0.39 is 0 Å². The SMILES string of the molecule is CCNC(=NCC(C1CC1)C1CC1)NCCCN1C(=O)C2C3C=CC(C3)C2C1=O. The van der Waals surface area contributed by atoms with Crippen LogP contribution in [-0.2, 0) is 9.59 Å². The van der Waals surface area contributed by atoms with Gasteiger partial charge < -0.3 is 10.6 Å². The Morgan fingerprint density at radius 1 is 1.07 bits per heavy atom. The smallest absolute Gasteiger partial charge is 0.233 e. The Morgan fingerprint density at radius 2 is 1.69 bits per heavy atom. The Bertz CT molecular complexity index is 682. The lowest BCUT2D eigenvalue weighted by atomic mass is 9.85. The number of nitrogens with one attached hydrogen (secondary N) is 2. The molecule has 29 heavy (non-hydrogen) atoms. The van der Waals surface area contributed by atoms with Crippen LogP contribution >= 0.6 is 0 Å². The molecule has 1 saturated heterocycles. The van der Waals surface area contributed by atoms with Crippen LogP contribution in [0.15, 0.2) is 17.1 Å². The van der Waals surface area contributed by atoms with Crippen molar-refractivity contribution in [2.75, 3.05) is 26.2 Å². The molecule has 6 heteroatoms. The number of hydrogen-bond acceptors (Lipinski definition) is 3. The summed E-state index contributed by atoms with van der Waals surface area (Å²) >= 11 is 0. The Balaban J connectivity index is 1.10. The fraction of sp³-hybridized carbons (Fsp3) is 0.783. The van der Waals surface area contributed by atoms with Crippen LogP contribution in [0.2, 0.25) is 0 Å². The average Bonchev–Trinajstić information content (AvgIpc) is 3.64. The van der Waals surface area contributed by atoms with Gasteiger partial charge in [-0.2, -0.15) is 0 Å². The Hall–Kier alpha value is -1.85. The summed E-state index contributed by atoms with van der Waals surface area (Å²) in [6, 6.07) is 0. The van der Waals surface area contributed by atoms with Crippen molar-refractivity contribution in [1.82, 2.24) is 15.5 Å². The fourth-order valence-electron chi connectivity index (χ4n) is 5.90. The van der Waals surface area contributed by atoms with Crippen molar-refractivity contribution in [2.45, 2.75) is 45.4 Å². The van der Waals surface area contributed by atoms with Gasteiger partial charge in [0, 0.05) is 26.2 Å². The quantitative estimate of drug-likeness (QED) is 0.205. The summed E-state index contributed by atoms with van der Waals surface area (Å²) in [7, 11) is 0. The molecule has 0 spiro atoms. The zero-order chi connectivity index (χ0) is 20.0. The van der Waals surface area contributed by atoms with Crippen molar-refractivity contribution in [3.05, 3.63) is 12.2 Å². The molecule has 0 radical (unpaired) electrons. The number of nitrogens with zero attached hydrogens (tertiary/aromatic N) is 2. The minimum Gasteiger partial charge on any atom is -0.357 e. The maximum atomic E-state index is 12.7. The lowest BCUT2D eigenvalue weighted by Gasteiger charge is -2.18. The van der Waals surface area contributed by atoms with Gasteiger partial charge in [-0.1, -0.05) is 12.2 Å². The first-order chi connectivity index (χ1) is 14.2. The predicted octanol–water partition coefficient (Wildman–Crippen LogP) is 2.17. The normalized spacial score (nSPS) is 33.2. The van der Waals surface area contributed by atoms with Crippen LogP contribution in [-0.4, -0.2) is 48.9 Å². The van der Waals surface area contributed by atoms with Gasteiger partial charge in [0.2, 0.25) is 11.8 Å². The number of carbonyl (C=O) groups excluding carboxylic acids is 2. The number of guanidine groups is 1. The first-order valence-electron chi connectivity index (χ1n) is 11.7. The van der Waals surface area contributed by atoms with Crippen LogP contribution < -0.4 is 10.6 Å². The molecule has 1 heterocycles. The van der Waals surface area contributed by atoms with E-state index in [1.165, 1.54) is 30.6 Å². The highest BCUT2D eigenvalue weighted by Crippen LogP contribution is 2.52. The second kappa shape index (κ2) is 7.77. The molecule has 5 rings (SSSR count). The van der Waals surface area contributed by atoms with Gasteiger partial charge in [0.05, 0.1) is 11.8 Å². The lowest BCUT2D eigenvalue weighted by Crippen LogP contribution is -2.40. The number of allylic oxidation sites excluding steroid dienone is 2. The van der Waals surface area contributed by atoms with Gasteiger partial charge in [-0.05, 0) is 75.0 Å². The molecule has 4 aliphatic carbocycles. The second-order valence-corrected chi connectivity index (χ2v) is 9.67. The summed E-state index contributed by atoms with van der Waals surface area (Å²) in [6.07, 6.45) is 11.6. The van der Waals surface area contributed by atoms with Crippen molar-refractivity contribution in [3.8, 4) is 0 Å². The third-order valence-corrected chi connectivity index (χ3v) is 7.67. The fourth-order valence-corrected chi connectivity index (χ4v) is 5.90. The number of hydrogen-bond donors (Lipinski definition) is 2.